The molecule has 2 heterocycles. The predicted molar refractivity (Wildman–Crippen MR) is 71.9 cm³/mol. The summed E-state index contributed by atoms with van der Waals surface area (Å²) < 4.78 is 5.34. The molecule has 1 saturated heterocycles. The minimum Gasteiger partial charge on any atom is -0.394 e. The molecule has 1 aromatic rings. The molecule has 1 aromatic heterocycles. The number of aliphatic hydroxyl groups excluding tert-OH is 1. The van der Waals surface area contributed by atoms with E-state index in [1.165, 1.54) is 6.33 Å². The molecule has 9 nitrogen and oxygen atoms in total. The van der Waals surface area contributed by atoms with Crippen molar-refractivity contribution in [3.63, 3.8) is 0 Å². The van der Waals surface area contributed by atoms with Crippen molar-refractivity contribution in [3.05, 3.63) is 16.4 Å². The number of morpholine rings is 1. The summed E-state index contributed by atoms with van der Waals surface area (Å²) in [6.07, 6.45) is 0.935. The summed E-state index contributed by atoms with van der Waals surface area (Å²) in [5, 5.41) is 23.3. The molecule has 9 heteroatoms. The molecule has 0 saturated carbocycles. The van der Waals surface area contributed by atoms with Gasteiger partial charge in [0.1, 0.15) is 6.33 Å². The Bertz CT molecular complexity index is 484. The Morgan fingerprint density at radius 1 is 1.65 bits per heavy atom. The SMILES string of the molecule is CCNc1ncnc(N2CCOC(CO)C2)c1[N+](=O)[O-]. The first-order valence-electron chi connectivity index (χ1n) is 6.38. The second-order valence-electron chi connectivity index (χ2n) is 4.30. The van der Waals surface area contributed by atoms with Crippen LogP contribution in [-0.4, -0.2) is 58.9 Å². The molecular formula is C11H17N5O4. The van der Waals surface area contributed by atoms with Crippen LogP contribution in [0.25, 0.3) is 0 Å². The first kappa shape index (κ1) is 14.4. The van der Waals surface area contributed by atoms with Crippen molar-refractivity contribution in [3.8, 4) is 0 Å². The van der Waals surface area contributed by atoms with Crippen LogP contribution < -0.4 is 10.2 Å². The fourth-order valence-electron chi connectivity index (χ4n) is 2.09. The number of rotatable bonds is 5. The van der Waals surface area contributed by atoms with Gasteiger partial charge >= 0.3 is 5.69 Å². The van der Waals surface area contributed by atoms with Crippen LogP contribution in [-0.2, 0) is 4.74 Å². The molecule has 0 aliphatic carbocycles. The quantitative estimate of drug-likeness (QED) is 0.574. The van der Waals surface area contributed by atoms with Crippen LogP contribution in [0.4, 0.5) is 17.3 Å². The molecule has 2 rings (SSSR count). The van der Waals surface area contributed by atoms with Crippen molar-refractivity contribution in [2.75, 3.05) is 43.1 Å². The number of aromatic nitrogens is 2. The van der Waals surface area contributed by atoms with E-state index in [1.807, 2.05) is 6.92 Å². The maximum Gasteiger partial charge on any atom is 0.353 e. The second kappa shape index (κ2) is 6.44. The molecule has 1 aliphatic rings. The lowest BCUT2D eigenvalue weighted by molar-refractivity contribution is -0.383. The summed E-state index contributed by atoms with van der Waals surface area (Å²) >= 11 is 0. The van der Waals surface area contributed by atoms with E-state index in [4.69, 9.17) is 9.84 Å². The lowest BCUT2D eigenvalue weighted by Crippen LogP contribution is -2.44. The number of ether oxygens (including phenoxy) is 1. The minimum atomic E-state index is -0.489. The minimum absolute atomic E-state index is 0.130. The zero-order valence-corrected chi connectivity index (χ0v) is 11.2. The first-order chi connectivity index (χ1) is 9.67. The fraction of sp³-hybridized carbons (Fsp3) is 0.636. The van der Waals surface area contributed by atoms with Gasteiger partial charge in [-0.1, -0.05) is 0 Å². The number of nitrogens with zero attached hydrogens (tertiary/aromatic N) is 4. The van der Waals surface area contributed by atoms with Crippen molar-refractivity contribution in [2.45, 2.75) is 13.0 Å². The van der Waals surface area contributed by atoms with Crippen molar-refractivity contribution in [1.29, 1.82) is 0 Å². The van der Waals surface area contributed by atoms with Crippen molar-refractivity contribution in [1.82, 2.24) is 9.97 Å². The number of nitrogens with one attached hydrogen (secondary N) is 1. The molecule has 1 fully saturated rings. The number of aliphatic hydroxyl groups is 1. The third-order valence-corrected chi connectivity index (χ3v) is 2.97. The van der Waals surface area contributed by atoms with Crippen LogP contribution in [0.2, 0.25) is 0 Å². The molecule has 20 heavy (non-hydrogen) atoms. The van der Waals surface area contributed by atoms with Crippen LogP contribution in [0, 0.1) is 10.1 Å². The third kappa shape index (κ3) is 2.94. The van der Waals surface area contributed by atoms with E-state index in [2.05, 4.69) is 15.3 Å². The average Bonchev–Trinajstić information content (AvgIpc) is 2.47. The van der Waals surface area contributed by atoms with Gasteiger partial charge in [0.2, 0.25) is 11.6 Å². The normalized spacial score (nSPS) is 18.9. The summed E-state index contributed by atoms with van der Waals surface area (Å²) in [6, 6.07) is 0. The summed E-state index contributed by atoms with van der Waals surface area (Å²) in [5.74, 6) is 0.456. The van der Waals surface area contributed by atoms with Gasteiger partial charge in [0.25, 0.3) is 0 Å². The smallest absolute Gasteiger partial charge is 0.353 e. The number of anilines is 2. The predicted octanol–water partition coefficient (Wildman–Crippen LogP) is 0.0141. The van der Waals surface area contributed by atoms with E-state index in [9.17, 15) is 10.1 Å². The summed E-state index contributed by atoms with van der Waals surface area (Å²) in [6.45, 7) is 3.47. The zero-order valence-electron chi connectivity index (χ0n) is 11.2. The summed E-state index contributed by atoms with van der Waals surface area (Å²) in [4.78, 5) is 20.5. The Morgan fingerprint density at radius 2 is 2.45 bits per heavy atom. The standard InChI is InChI=1S/C11H17N5O4/c1-2-12-10-9(16(18)19)11(14-7-13-10)15-3-4-20-8(5-15)6-17/h7-8,17H,2-6H2,1H3,(H,12,13,14). The van der Waals surface area contributed by atoms with E-state index in [1.54, 1.807) is 4.90 Å². The highest BCUT2D eigenvalue weighted by atomic mass is 16.6. The van der Waals surface area contributed by atoms with E-state index in [0.29, 0.717) is 26.2 Å². The van der Waals surface area contributed by atoms with E-state index >= 15 is 0 Å². The highest BCUT2D eigenvalue weighted by molar-refractivity contribution is 5.70. The van der Waals surface area contributed by atoms with Crippen LogP contribution in [0.1, 0.15) is 6.92 Å². The Hall–Kier alpha value is -2.00. The highest BCUT2D eigenvalue weighted by Crippen LogP contribution is 2.32. The Labute approximate surface area is 115 Å². The van der Waals surface area contributed by atoms with Gasteiger partial charge in [-0.2, -0.15) is 0 Å². The molecular weight excluding hydrogens is 266 g/mol. The van der Waals surface area contributed by atoms with Crippen LogP contribution in [0.5, 0.6) is 0 Å². The Balaban J connectivity index is 2.34. The molecule has 0 radical (unpaired) electrons. The second-order valence-corrected chi connectivity index (χ2v) is 4.30. The van der Waals surface area contributed by atoms with Crippen LogP contribution in [0.3, 0.4) is 0 Å². The van der Waals surface area contributed by atoms with Crippen molar-refractivity contribution in [2.24, 2.45) is 0 Å². The first-order valence-corrected chi connectivity index (χ1v) is 6.38. The van der Waals surface area contributed by atoms with Gasteiger partial charge in [0.15, 0.2) is 0 Å². The van der Waals surface area contributed by atoms with Gasteiger partial charge < -0.3 is 20.1 Å². The lowest BCUT2D eigenvalue weighted by atomic mass is 10.2. The van der Waals surface area contributed by atoms with Crippen LogP contribution in [0.15, 0.2) is 6.33 Å². The lowest BCUT2D eigenvalue weighted by Gasteiger charge is -2.32. The molecule has 1 atom stereocenters. The maximum atomic E-state index is 11.3. The van der Waals surface area contributed by atoms with Gasteiger partial charge in [0.05, 0.1) is 24.2 Å². The van der Waals surface area contributed by atoms with Crippen molar-refractivity contribution < 1.29 is 14.8 Å². The van der Waals surface area contributed by atoms with Gasteiger partial charge in [-0.05, 0) is 6.92 Å². The van der Waals surface area contributed by atoms with E-state index in [-0.39, 0.29) is 30.0 Å². The molecule has 0 bridgehead atoms. The van der Waals surface area contributed by atoms with Crippen LogP contribution >= 0.6 is 0 Å². The Morgan fingerprint density at radius 3 is 3.10 bits per heavy atom. The van der Waals surface area contributed by atoms with E-state index < -0.39 is 4.92 Å². The zero-order chi connectivity index (χ0) is 14.5. The average molecular weight is 283 g/mol. The van der Waals surface area contributed by atoms with Gasteiger partial charge in [-0.25, -0.2) is 9.97 Å². The largest absolute Gasteiger partial charge is 0.394 e. The molecule has 0 amide bonds. The topological polar surface area (TPSA) is 114 Å². The number of hydrogen-bond acceptors (Lipinski definition) is 8. The van der Waals surface area contributed by atoms with Gasteiger partial charge in [-0.3, -0.25) is 10.1 Å². The number of nitro groups is 1. The summed E-state index contributed by atoms with van der Waals surface area (Å²) in [7, 11) is 0. The molecule has 110 valence electrons. The molecule has 0 aromatic carbocycles. The number of hydrogen-bond donors (Lipinski definition) is 2. The molecule has 1 aliphatic heterocycles. The molecule has 2 N–H and O–H groups in total. The summed E-state index contributed by atoms with van der Waals surface area (Å²) in [5.41, 5.74) is -0.145. The molecule has 1 unspecified atom stereocenters. The third-order valence-electron chi connectivity index (χ3n) is 2.97. The maximum absolute atomic E-state index is 11.3. The fourth-order valence-corrected chi connectivity index (χ4v) is 2.09. The van der Waals surface area contributed by atoms with Gasteiger partial charge in [0, 0.05) is 19.6 Å². The Kier molecular flexibility index (Phi) is 4.64. The van der Waals surface area contributed by atoms with E-state index in [0.717, 1.165) is 0 Å². The molecule has 0 spiro atoms. The van der Waals surface area contributed by atoms with Gasteiger partial charge in [-0.15, -0.1) is 0 Å². The highest BCUT2D eigenvalue weighted by Gasteiger charge is 2.30. The van der Waals surface area contributed by atoms with Crippen molar-refractivity contribution >= 4 is 17.3 Å². The monoisotopic (exact) mass is 283 g/mol.